The molecule has 0 bridgehead atoms. The van der Waals surface area contributed by atoms with E-state index in [0.717, 1.165) is 5.69 Å². The molecule has 0 aliphatic rings. The molecule has 6 heteroatoms. The Labute approximate surface area is 126 Å². The number of halogens is 1. The predicted molar refractivity (Wildman–Crippen MR) is 80.8 cm³/mol. The van der Waals surface area contributed by atoms with Crippen molar-refractivity contribution in [2.45, 2.75) is 0 Å². The summed E-state index contributed by atoms with van der Waals surface area (Å²) in [6.07, 6.45) is 4.70. The fourth-order valence-corrected chi connectivity index (χ4v) is 1.98. The topological polar surface area (TPSA) is 59.8 Å². The van der Waals surface area contributed by atoms with Crippen molar-refractivity contribution in [1.82, 2.24) is 14.8 Å². The van der Waals surface area contributed by atoms with Crippen LogP contribution in [0.15, 0.2) is 61.1 Å². The Kier molecular flexibility index (Phi) is 3.66. The molecule has 2 heterocycles. The van der Waals surface area contributed by atoms with Gasteiger partial charge in [0.2, 0.25) is 0 Å². The molecule has 0 saturated heterocycles. The first kappa shape index (κ1) is 13.3. The normalized spacial score (nSPS) is 10.3. The van der Waals surface area contributed by atoms with Crippen molar-refractivity contribution in [3.8, 4) is 5.69 Å². The van der Waals surface area contributed by atoms with Gasteiger partial charge in [0.15, 0.2) is 0 Å². The number of nitrogens with zero attached hydrogens (tertiary/aromatic N) is 3. The first-order chi connectivity index (χ1) is 10.2. The number of nitrogens with one attached hydrogen (secondary N) is 1. The SMILES string of the molecule is O=C(Nc1cc(Cl)ccn1)c1cnn(-c2ccccc2)c1. The second-order valence-corrected chi connectivity index (χ2v) is 4.76. The highest BCUT2D eigenvalue weighted by Crippen LogP contribution is 2.13. The standard InChI is InChI=1S/C15H11ClN4O/c16-12-6-7-17-14(8-12)19-15(21)11-9-18-20(10-11)13-4-2-1-3-5-13/h1-10H,(H,17,19,21). The summed E-state index contributed by atoms with van der Waals surface area (Å²) in [6.45, 7) is 0. The smallest absolute Gasteiger partial charge is 0.260 e. The largest absolute Gasteiger partial charge is 0.306 e. The molecular formula is C15H11ClN4O. The van der Waals surface area contributed by atoms with Gasteiger partial charge >= 0.3 is 0 Å². The minimum Gasteiger partial charge on any atom is -0.306 e. The molecular weight excluding hydrogens is 288 g/mol. The maximum atomic E-state index is 12.1. The van der Waals surface area contributed by atoms with Crippen molar-refractivity contribution in [2.24, 2.45) is 0 Å². The summed E-state index contributed by atoms with van der Waals surface area (Å²) in [7, 11) is 0. The number of aromatic nitrogens is 3. The molecule has 1 N–H and O–H groups in total. The summed E-state index contributed by atoms with van der Waals surface area (Å²) >= 11 is 5.85. The van der Waals surface area contributed by atoms with Crippen LogP contribution in [-0.2, 0) is 0 Å². The molecule has 5 nitrogen and oxygen atoms in total. The summed E-state index contributed by atoms with van der Waals surface area (Å²) in [5, 5.41) is 7.37. The van der Waals surface area contributed by atoms with Gasteiger partial charge in [-0.2, -0.15) is 5.10 Å². The Balaban J connectivity index is 1.78. The summed E-state index contributed by atoms with van der Waals surface area (Å²) in [5.74, 6) is 0.118. The van der Waals surface area contributed by atoms with Crippen LogP contribution in [0.2, 0.25) is 5.02 Å². The van der Waals surface area contributed by atoms with E-state index in [1.165, 1.54) is 12.4 Å². The van der Waals surface area contributed by atoms with Crippen molar-refractivity contribution in [1.29, 1.82) is 0 Å². The van der Waals surface area contributed by atoms with Crippen LogP contribution < -0.4 is 5.32 Å². The quantitative estimate of drug-likeness (QED) is 0.808. The molecule has 3 aromatic rings. The number of carbonyl (C=O) groups excluding carboxylic acids is 1. The van der Waals surface area contributed by atoms with E-state index in [0.29, 0.717) is 16.4 Å². The second-order valence-electron chi connectivity index (χ2n) is 4.32. The Hall–Kier alpha value is -2.66. The number of amides is 1. The second kappa shape index (κ2) is 5.76. The fourth-order valence-electron chi connectivity index (χ4n) is 1.82. The monoisotopic (exact) mass is 298 g/mol. The predicted octanol–water partition coefficient (Wildman–Crippen LogP) is 3.17. The molecule has 0 saturated carbocycles. The zero-order valence-corrected chi connectivity index (χ0v) is 11.7. The van der Waals surface area contributed by atoms with Gasteiger partial charge in [-0.15, -0.1) is 0 Å². The van der Waals surface area contributed by atoms with E-state index < -0.39 is 0 Å². The summed E-state index contributed by atoms with van der Waals surface area (Å²) in [4.78, 5) is 16.1. The highest BCUT2D eigenvalue weighted by Gasteiger charge is 2.10. The lowest BCUT2D eigenvalue weighted by Crippen LogP contribution is -2.12. The van der Waals surface area contributed by atoms with Crippen LogP contribution in [0.4, 0.5) is 5.82 Å². The van der Waals surface area contributed by atoms with Crippen molar-refractivity contribution in [2.75, 3.05) is 5.32 Å². The van der Waals surface area contributed by atoms with Crippen molar-refractivity contribution in [3.05, 3.63) is 71.6 Å². The maximum absolute atomic E-state index is 12.1. The summed E-state index contributed by atoms with van der Waals surface area (Å²) in [6, 6.07) is 12.8. The van der Waals surface area contributed by atoms with Gasteiger partial charge in [-0.3, -0.25) is 4.79 Å². The number of benzene rings is 1. The first-order valence-electron chi connectivity index (χ1n) is 6.25. The van der Waals surface area contributed by atoms with Gasteiger partial charge in [0.25, 0.3) is 5.91 Å². The molecule has 1 amide bonds. The lowest BCUT2D eigenvalue weighted by Gasteiger charge is -2.02. The summed E-state index contributed by atoms with van der Waals surface area (Å²) in [5.41, 5.74) is 1.33. The van der Waals surface area contributed by atoms with Gasteiger partial charge in [0.1, 0.15) is 5.82 Å². The van der Waals surface area contributed by atoms with Crippen LogP contribution in [0.3, 0.4) is 0 Å². The van der Waals surface area contributed by atoms with E-state index in [-0.39, 0.29) is 5.91 Å². The van der Waals surface area contributed by atoms with Crippen molar-refractivity contribution in [3.63, 3.8) is 0 Å². The van der Waals surface area contributed by atoms with Crippen LogP contribution in [-0.4, -0.2) is 20.7 Å². The Morgan fingerprint density at radius 1 is 1.19 bits per heavy atom. The van der Waals surface area contributed by atoms with E-state index in [1.807, 2.05) is 30.3 Å². The molecule has 104 valence electrons. The number of hydrogen-bond acceptors (Lipinski definition) is 3. The van der Waals surface area contributed by atoms with Crippen LogP contribution in [0.25, 0.3) is 5.69 Å². The average Bonchev–Trinajstić information content (AvgIpc) is 2.98. The van der Waals surface area contributed by atoms with Gasteiger partial charge < -0.3 is 5.32 Å². The van der Waals surface area contributed by atoms with Gasteiger partial charge in [0.05, 0.1) is 17.4 Å². The highest BCUT2D eigenvalue weighted by atomic mass is 35.5. The van der Waals surface area contributed by atoms with E-state index in [1.54, 1.807) is 23.0 Å². The number of carbonyl (C=O) groups is 1. The van der Waals surface area contributed by atoms with Crippen LogP contribution in [0.1, 0.15) is 10.4 Å². The minimum absolute atomic E-state index is 0.285. The number of rotatable bonds is 3. The van der Waals surface area contributed by atoms with E-state index in [2.05, 4.69) is 15.4 Å². The minimum atomic E-state index is -0.285. The van der Waals surface area contributed by atoms with E-state index in [4.69, 9.17) is 11.6 Å². The number of anilines is 1. The third-order valence-corrected chi connectivity index (χ3v) is 3.06. The number of para-hydroxylation sites is 1. The van der Waals surface area contributed by atoms with Crippen molar-refractivity contribution >= 4 is 23.3 Å². The van der Waals surface area contributed by atoms with Crippen LogP contribution >= 0.6 is 11.6 Å². The molecule has 2 aromatic heterocycles. The molecule has 0 radical (unpaired) electrons. The zero-order valence-electron chi connectivity index (χ0n) is 10.9. The van der Waals surface area contributed by atoms with Crippen LogP contribution in [0, 0.1) is 0 Å². The third kappa shape index (κ3) is 3.09. The molecule has 0 atom stereocenters. The van der Waals surface area contributed by atoms with Gasteiger partial charge in [0, 0.05) is 17.4 Å². The van der Waals surface area contributed by atoms with Crippen LogP contribution in [0.5, 0.6) is 0 Å². The van der Waals surface area contributed by atoms with E-state index >= 15 is 0 Å². The van der Waals surface area contributed by atoms with Gasteiger partial charge in [-0.05, 0) is 24.3 Å². The Bertz CT molecular complexity index is 770. The van der Waals surface area contributed by atoms with Gasteiger partial charge in [-0.1, -0.05) is 29.8 Å². The fraction of sp³-hybridized carbons (Fsp3) is 0. The molecule has 0 unspecified atom stereocenters. The van der Waals surface area contributed by atoms with Gasteiger partial charge in [-0.25, -0.2) is 9.67 Å². The molecule has 21 heavy (non-hydrogen) atoms. The third-order valence-electron chi connectivity index (χ3n) is 2.83. The lowest BCUT2D eigenvalue weighted by atomic mass is 10.3. The molecule has 0 spiro atoms. The Morgan fingerprint density at radius 2 is 2.00 bits per heavy atom. The first-order valence-corrected chi connectivity index (χ1v) is 6.63. The maximum Gasteiger partial charge on any atom is 0.260 e. The molecule has 0 aliphatic carbocycles. The van der Waals surface area contributed by atoms with E-state index in [9.17, 15) is 4.79 Å². The summed E-state index contributed by atoms with van der Waals surface area (Å²) < 4.78 is 1.64. The molecule has 0 fully saturated rings. The molecule has 0 aliphatic heterocycles. The lowest BCUT2D eigenvalue weighted by molar-refractivity contribution is 0.102. The molecule has 3 rings (SSSR count). The number of pyridine rings is 1. The average molecular weight is 299 g/mol. The number of hydrogen-bond donors (Lipinski definition) is 1. The molecule has 1 aromatic carbocycles. The highest BCUT2D eigenvalue weighted by molar-refractivity contribution is 6.30. The van der Waals surface area contributed by atoms with Crippen molar-refractivity contribution < 1.29 is 4.79 Å². The Morgan fingerprint density at radius 3 is 2.76 bits per heavy atom. The zero-order chi connectivity index (χ0) is 14.7.